The quantitative estimate of drug-likeness (QED) is 0.475. The van der Waals surface area contributed by atoms with Crippen molar-refractivity contribution in [2.75, 3.05) is 11.9 Å². The van der Waals surface area contributed by atoms with E-state index in [4.69, 9.17) is 14.2 Å². The van der Waals surface area contributed by atoms with Gasteiger partial charge in [0.15, 0.2) is 6.61 Å². The zero-order chi connectivity index (χ0) is 21.0. The van der Waals surface area contributed by atoms with Crippen molar-refractivity contribution in [2.45, 2.75) is 26.6 Å². The van der Waals surface area contributed by atoms with Crippen LogP contribution in [0.4, 0.5) is 5.69 Å². The summed E-state index contributed by atoms with van der Waals surface area (Å²) >= 11 is 0. The zero-order valence-corrected chi connectivity index (χ0v) is 16.4. The largest absolute Gasteiger partial charge is 0.484 e. The van der Waals surface area contributed by atoms with E-state index in [2.05, 4.69) is 5.32 Å². The van der Waals surface area contributed by atoms with Crippen LogP contribution in [0.25, 0.3) is 6.08 Å². The van der Waals surface area contributed by atoms with Crippen molar-refractivity contribution in [3.63, 3.8) is 0 Å². The maximum absolute atomic E-state index is 12.0. The van der Waals surface area contributed by atoms with Crippen LogP contribution in [0.15, 0.2) is 54.1 Å². The van der Waals surface area contributed by atoms with Crippen molar-refractivity contribution in [3.8, 4) is 5.75 Å². The fourth-order valence-electron chi connectivity index (χ4n) is 2.65. The maximum atomic E-state index is 12.0. The monoisotopic (exact) mass is 395 g/mol. The molecule has 1 fully saturated rings. The molecule has 1 heterocycles. The maximum Gasteiger partial charge on any atom is 0.348 e. The Balaban J connectivity index is 1.59. The van der Waals surface area contributed by atoms with Gasteiger partial charge >= 0.3 is 11.9 Å². The van der Waals surface area contributed by atoms with E-state index in [-0.39, 0.29) is 18.1 Å². The number of ether oxygens (including phenoxy) is 3. The number of rotatable bonds is 5. The summed E-state index contributed by atoms with van der Waals surface area (Å²) in [4.78, 5) is 36.0. The molecule has 0 aliphatic carbocycles. The van der Waals surface area contributed by atoms with Gasteiger partial charge in [-0.15, -0.1) is 0 Å². The van der Waals surface area contributed by atoms with E-state index in [1.54, 1.807) is 24.3 Å². The van der Waals surface area contributed by atoms with Crippen LogP contribution in [-0.4, -0.2) is 30.2 Å². The predicted octanol–water partition coefficient (Wildman–Crippen LogP) is 3.23. The predicted molar refractivity (Wildman–Crippen MR) is 106 cm³/mol. The number of esters is 2. The molecule has 150 valence electrons. The van der Waals surface area contributed by atoms with E-state index in [9.17, 15) is 14.4 Å². The molecule has 2 aromatic carbocycles. The van der Waals surface area contributed by atoms with Gasteiger partial charge in [0.1, 0.15) is 11.3 Å². The second-order valence-corrected chi connectivity index (χ2v) is 6.96. The molecule has 0 atom stereocenters. The molecule has 0 aromatic heterocycles. The minimum absolute atomic E-state index is 0.150. The highest BCUT2D eigenvalue weighted by Gasteiger charge is 2.38. The van der Waals surface area contributed by atoms with Crippen LogP contribution in [0, 0.1) is 6.92 Å². The van der Waals surface area contributed by atoms with E-state index >= 15 is 0 Å². The fourth-order valence-corrected chi connectivity index (χ4v) is 2.65. The molecule has 2 aromatic rings. The van der Waals surface area contributed by atoms with Crippen molar-refractivity contribution >= 4 is 29.6 Å². The van der Waals surface area contributed by atoms with E-state index in [0.29, 0.717) is 11.3 Å². The SMILES string of the molecule is Cc1ccccc1NC(=O)COc1ccc(C=C2C(=O)OC(C)(C)OC2=O)cc1. The third kappa shape index (κ3) is 5.22. The number of para-hydroxylation sites is 1. The second-order valence-electron chi connectivity index (χ2n) is 6.96. The average Bonchev–Trinajstić information content (AvgIpc) is 2.65. The number of anilines is 1. The lowest BCUT2D eigenvalue weighted by Gasteiger charge is -2.29. The topological polar surface area (TPSA) is 90.9 Å². The van der Waals surface area contributed by atoms with Gasteiger partial charge in [-0.3, -0.25) is 4.79 Å². The number of benzene rings is 2. The average molecular weight is 395 g/mol. The Labute approximate surface area is 168 Å². The van der Waals surface area contributed by atoms with E-state index in [1.807, 2.05) is 31.2 Å². The molecule has 7 heteroatoms. The highest BCUT2D eigenvalue weighted by molar-refractivity contribution is 6.18. The molecular weight excluding hydrogens is 374 g/mol. The first-order chi connectivity index (χ1) is 13.7. The van der Waals surface area contributed by atoms with Gasteiger partial charge in [-0.25, -0.2) is 9.59 Å². The van der Waals surface area contributed by atoms with Gasteiger partial charge in [-0.05, 0) is 42.3 Å². The Hall–Kier alpha value is -3.61. The summed E-state index contributed by atoms with van der Waals surface area (Å²) < 4.78 is 15.6. The van der Waals surface area contributed by atoms with E-state index in [0.717, 1.165) is 11.3 Å². The van der Waals surface area contributed by atoms with Crippen LogP contribution in [0.1, 0.15) is 25.0 Å². The summed E-state index contributed by atoms with van der Waals surface area (Å²) in [5.41, 5.74) is 2.10. The van der Waals surface area contributed by atoms with Crippen LogP contribution >= 0.6 is 0 Å². The van der Waals surface area contributed by atoms with Gasteiger partial charge in [0.2, 0.25) is 0 Å². The fraction of sp³-hybridized carbons (Fsp3) is 0.227. The summed E-state index contributed by atoms with van der Waals surface area (Å²) in [6, 6.07) is 14.0. The Morgan fingerprint density at radius 3 is 2.28 bits per heavy atom. The standard InChI is InChI=1S/C22H21NO6/c1-14-6-4-5-7-18(14)23-19(24)13-27-16-10-8-15(9-11-16)12-17-20(25)28-22(2,3)29-21(17)26/h4-12H,13H2,1-3H3,(H,23,24). The van der Waals surface area contributed by atoms with Crippen molar-refractivity contribution in [1.29, 1.82) is 0 Å². The molecule has 3 rings (SSSR count). The first-order valence-electron chi connectivity index (χ1n) is 9.00. The van der Waals surface area contributed by atoms with Gasteiger partial charge in [-0.1, -0.05) is 30.3 Å². The Kier molecular flexibility index (Phi) is 5.68. The molecule has 1 saturated heterocycles. The van der Waals surface area contributed by atoms with Crippen LogP contribution in [0.5, 0.6) is 5.75 Å². The number of aryl methyl sites for hydroxylation is 1. The molecule has 1 aliphatic rings. The number of carbonyl (C=O) groups is 3. The molecule has 0 radical (unpaired) electrons. The number of carbonyl (C=O) groups excluding carboxylic acids is 3. The Morgan fingerprint density at radius 2 is 1.66 bits per heavy atom. The minimum Gasteiger partial charge on any atom is -0.484 e. The van der Waals surface area contributed by atoms with Gasteiger partial charge in [-0.2, -0.15) is 0 Å². The van der Waals surface area contributed by atoms with Crippen molar-refractivity contribution in [2.24, 2.45) is 0 Å². The zero-order valence-electron chi connectivity index (χ0n) is 16.4. The molecular formula is C22H21NO6. The second kappa shape index (κ2) is 8.18. The van der Waals surface area contributed by atoms with E-state index < -0.39 is 17.7 Å². The lowest BCUT2D eigenvalue weighted by Crippen LogP contribution is -2.41. The highest BCUT2D eigenvalue weighted by Crippen LogP contribution is 2.24. The Morgan fingerprint density at radius 1 is 1.03 bits per heavy atom. The molecule has 0 saturated carbocycles. The summed E-state index contributed by atoms with van der Waals surface area (Å²) in [6.07, 6.45) is 1.38. The van der Waals surface area contributed by atoms with E-state index in [1.165, 1.54) is 19.9 Å². The summed E-state index contributed by atoms with van der Waals surface area (Å²) in [5, 5.41) is 2.79. The lowest BCUT2D eigenvalue weighted by atomic mass is 10.1. The molecule has 1 aliphatic heterocycles. The van der Waals surface area contributed by atoms with Gasteiger partial charge < -0.3 is 19.5 Å². The molecule has 1 N–H and O–H groups in total. The lowest BCUT2D eigenvalue weighted by molar-refractivity contribution is -0.222. The van der Waals surface area contributed by atoms with Crippen LogP contribution < -0.4 is 10.1 Å². The molecule has 0 unspecified atom stereocenters. The van der Waals surface area contributed by atoms with Gasteiger partial charge in [0.05, 0.1) is 0 Å². The van der Waals surface area contributed by atoms with Crippen molar-refractivity contribution in [3.05, 3.63) is 65.2 Å². The minimum atomic E-state index is -1.28. The van der Waals surface area contributed by atoms with Gasteiger partial charge in [0, 0.05) is 19.5 Å². The number of hydrogen-bond donors (Lipinski definition) is 1. The molecule has 0 spiro atoms. The first kappa shape index (κ1) is 20.1. The first-order valence-corrected chi connectivity index (χ1v) is 9.00. The van der Waals surface area contributed by atoms with Crippen molar-refractivity contribution < 1.29 is 28.6 Å². The third-order valence-corrected chi connectivity index (χ3v) is 4.10. The number of cyclic esters (lactones) is 2. The summed E-state index contributed by atoms with van der Waals surface area (Å²) in [6.45, 7) is 4.73. The number of nitrogens with one attached hydrogen (secondary N) is 1. The third-order valence-electron chi connectivity index (χ3n) is 4.10. The van der Waals surface area contributed by atoms with Crippen LogP contribution in [0.3, 0.4) is 0 Å². The smallest absolute Gasteiger partial charge is 0.348 e. The number of hydrogen-bond acceptors (Lipinski definition) is 6. The van der Waals surface area contributed by atoms with Crippen molar-refractivity contribution in [1.82, 2.24) is 0 Å². The molecule has 1 amide bonds. The summed E-state index contributed by atoms with van der Waals surface area (Å²) in [7, 11) is 0. The number of amides is 1. The van der Waals surface area contributed by atoms with Crippen LogP contribution in [-0.2, 0) is 23.9 Å². The molecule has 0 bridgehead atoms. The highest BCUT2D eigenvalue weighted by atomic mass is 16.7. The Bertz CT molecular complexity index is 953. The molecule has 29 heavy (non-hydrogen) atoms. The normalized spacial score (nSPS) is 15.2. The van der Waals surface area contributed by atoms with Gasteiger partial charge in [0.25, 0.3) is 11.7 Å². The molecule has 7 nitrogen and oxygen atoms in total. The summed E-state index contributed by atoms with van der Waals surface area (Å²) in [5.74, 6) is -2.55. The van der Waals surface area contributed by atoms with Crippen LogP contribution in [0.2, 0.25) is 0 Å².